The van der Waals surface area contributed by atoms with Crippen LogP contribution in [0.1, 0.15) is 10.4 Å². The fourth-order valence-electron chi connectivity index (χ4n) is 3.10. The predicted octanol–water partition coefficient (Wildman–Crippen LogP) is 1.19. The third-order valence-corrected chi connectivity index (χ3v) is 4.73. The second-order valence-electron chi connectivity index (χ2n) is 6.74. The molecule has 2 aromatic rings. The van der Waals surface area contributed by atoms with Crippen LogP contribution in [0.4, 0.5) is 5.69 Å². The summed E-state index contributed by atoms with van der Waals surface area (Å²) in [5.74, 6) is 0.352. The Bertz CT molecular complexity index is 790. The highest BCUT2D eigenvalue weighted by molar-refractivity contribution is 5.97. The van der Waals surface area contributed by atoms with Crippen molar-refractivity contribution in [1.29, 1.82) is 0 Å². The van der Waals surface area contributed by atoms with E-state index in [0.717, 1.165) is 31.9 Å². The molecule has 1 aliphatic heterocycles. The van der Waals surface area contributed by atoms with Crippen LogP contribution in [0.5, 0.6) is 5.75 Å². The number of nitrogens with one attached hydrogen (secondary N) is 1. The summed E-state index contributed by atoms with van der Waals surface area (Å²) < 4.78 is 10.2. The number of carbonyl (C=O) groups excluding carboxylic acids is 2. The lowest BCUT2D eigenvalue weighted by Gasteiger charge is -2.35. The number of anilines is 1. The third-order valence-electron chi connectivity index (χ3n) is 4.73. The zero-order chi connectivity index (χ0) is 20.5. The van der Waals surface area contributed by atoms with Gasteiger partial charge in [-0.05, 0) is 36.4 Å². The second-order valence-corrected chi connectivity index (χ2v) is 6.74. The molecule has 0 radical (unpaired) electrons. The van der Waals surface area contributed by atoms with Gasteiger partial charge in [-0.2, -0.15) is 0 Å². The van der Waals surface area contributed by atoms with Crippen LogP contribution in [0.15, 0.2) is 48.8 Å². The molecule has 8 heteroatoms. The first-order valence-corrected chi connectivity index (χ1v) is 9.55. The molecule has 0 atom stereocenters. The first-order valence-electron chi connectivity index (χ1n) is 9.55. The molecule has 29 heavy (non-hydrogen) atoms. The van der Waals surface area contributed by atoms with Crippen LogP contribution in [0.3, 0.4) is 0 Å². The van der Waals surface area contributed by atoms with Crippen molar-refractivity contribution in [2.75, 3.05) is 58.1 Å². The summed E-state index contributed by atoms with van der Waals surface area (Å²) in [6.07, 6.45) is 3.59. The van der Waals surface area contributed by atoms with Gasteiger partial charge in [0.15, 0.2) is 12.4 Å². The van der Waals surface area contributed by atoms with Crippen molar-refractivity contribution in [3.05, 3.63) is 54.4 Å². The molecule has 1 amide bonds. The SMILES string of the molecule is COCNC(=O)COc1ccc(C(=O)CN2CCN(c3ccncc3)CC2)cc1. The highest BCUT2D eigenvalue weighted by atomic mass is 16.5. The van der Waals surface area contributed by atoms with Gasteiger partial charge in [0, 0.05) is 56.9 Å². The highest BCUT2D eigenvalue weighted by Crippen LogP contribution is 2.16. The molecular formula is C21H26N4O4. The summed E-state index contributed by atoms with van der Waals surface area (Å²) in [5, 5.41) is 2.54. The van der Waals surface area contributed by atoms with Crippen LogP contribution in [0.2, 0.25) is 0 Å². The van der Waals surface area contributed by atoms with E-state index in [2.05, 4.69) is 20.1 Å². The van der Waals surface area contributed by atoms with Crippen molar-refractivity contribution in [1.82, 2.24) is 15.2 Å². The normalized spacial score (nSPS) is 14.4. The molecule has 2 heterocycles. The lowest BCUT2D eigenvalue weighted by Crippen LogP contribution is -2.48. The van der Waals surface area contributed by atoms with Gasteiger partial charge < -0.3 is 19.7 Å². The Balaban J connectivity index is 1.43. The van der Waals surface area contributed by atoms with E-state index in [1.807, 2.05) is 12.1 Å². The Morgan fingerprint density at radius 3 is 2.38 bits per heavy atom. The molecule has 1 fully saturated rings. The Morgan fingerprint density at radius 1 is 1.03 bits per heavy atom. The number of hydrogen-bond donors (Lipinski definition) is 1. The average Bonchev–Trinajstić information content (AvgIpc) is 2.77. The number of ketones is 1. The second kappa shape index (κ2) is 10.5. The Morgan fingerprint density at radius 2 is 1.72 bits per heavy atom. The topological polar surface area (TPSA) is 84.0 Å². The third kappa shape index (κ3) is 6.27. The number of rotatable bonds is 9. The van der Waals surface area contributed by atoms with Gasteiger partial charge in [0.05, 0.1) is 6.54 Å². The Labute approximate surface area is 170 Å². The van der Waals surface area contributed by atoms with Gasteiger partial charge in [-0.3, -0.25) is 19.5 Å². The van der Waals surface area contributed by atoms with Gasteiger partial charge >= 0.3 is 0 Å². The molecule has 154 valence electrons. The number of carbonyl (C=O) groups is 2. The van der Waals surface area contributed by atoms with Crippen molar-refractivity contribution in [3.8, 4) is 5.75 Å². The molecule has 0 unspecified atom stereocenters. The van der Waals surface area contributed by atoms with Crippen molar-refractivity contribution in [2.24, 2.45) is 0 Å². The van der Waals surface area contributed by atoms with E-state index in [0.29, 0.717) is 17.9 Å². The van der Waals surface area contributed by atoms with E-state index in [9.17, 15) is 9.59 Å². The van der Waals surface area contributed by atoms with E-state index in [1.165, 1.54) is 7.11 Å². The number of methoxy groups -OCH3 is 1. The molecule has 1 N–H and O–H groups in total. The molecule has 0 saturated carbocycles. The lowest BCUT2D eigenvalue weighted by molar-refractivity contribution is -0.124. The molecule has 1 aromatic carbocycles. The van der Waals surface area contributed by atoms with Gasteiger partial charge in [0.2, 0.25) is 0 Å². The summed E-state index contributed by atoms with van der Waals surface area (Å²) in [6.45, 7) is 3.89. The van der Waals surface area contributed by atoms with E-state index in [1.54, 1.807) is 36.7 Å². The first kappa shape index (κ1) is 20.8. The largest absolute Gasteiger partial charge is 0.484 e. The number of piperazine rings is 1. The van der Waals surface area contributed by atoms with Crippen molar-refractivity contribution < 1.29 is 19.1 Å². The zero-order valence-corrected chi connectivity index (χ0v) is 16.5. The fraction of sp³-hybridized carbons (Fsp3) is 0.381. The van der Waals surface area contributed by atoms with Crippen molar-refractivity contribution >= 4 is 17.4 Å². The number of amides is 1. The standard InChI is InChI=1S/C21H26N4O4/c1-28-16-23-21(27)15-29-19-4-2-17(3-5-19)20(26)14-24-10-12-25(13-11-24)18-6-8-22-9-7-18/h2-9H,10-16H2,1H3,(H,23,27). The molecule has 0 aliphatic carbocycles. The Kier molecular flexibility index (Phi) is 7.54. The van der Waals surface area contributed by atoms with Crippen LogP contribution in [-0.2, 0) is 9.53 Å². The summed E-state index contributed by atoms with van der Waals surface area (Å²) >= 11 is 0. The predicted molar refractivity (Wildman–Crippen MR) is 109 cm³/mol. The number of ether oxygens (including phenoxy) is 2. The molecule has 1 aromatic heterocycles. The van der Waals surface area contributed by atoms with Gasteiger partial charge in [-0.1, -0.05) is 0 Å². The van der Waals surface area contributed by atoms with E-state index >= 15 is 0 Å². The first-order chi connectivity index (χ1) is 14.2. The van der Waals surface area contributed by atoms with Gasteiger partial charge in [-0.15, -0.1) is 0 Å². The van der Waals surface area contributed by atoms with Crippen LogP contribution >= 0.6 is 0 Å². The van der Waals surface area contributed by atoms with Crippen molar-refractivity contribution in [3.63, 3.8) is 0 Å². The van der Waals surface area contributed by atoms with Gasteiger partial charge in [-0.25, -0.2) is 0 Å². The molecule has 3 rings (SSSR count). The maximum absolute atomic E-state index is 12.6. The fourth-order valence-corrected chi connectivity index (χ4v) is 3.10. The van der Waals surface area contributed by atoms with Gasteiger partial charge in [0.1, 0.15) is 12.5 Å². The molecule has 1 aliphatic rings. The minimum Gasteiger partial charge on any atom is -0.484 e. The summed E-state index contributed by atoms with van der Waals surface area (Å²) in [6, 6.07) is 10.9. The van der Waals surface area contributed by atoms with Crippen LogP contribution in [-0.4, -0.2) is 74.7 Å². The monoisotopic (exact) mass is 398 g/mol. The van der Waals surface area contributed by atoms with Crippen LogP contribution in [0.25, 0.3) is 0 Å². The number of Topliss-reactive ketones (excluding diaryl/α,β-unsaturated/α-hetero) is 1. The zero-order valence-electron chi connectivity index (χ0n) is 16.5. The quantitative estimate of drug-likeness (QED) is 0.502. The Hall–Kier alpha value is -2.97. The molecular weight excluding hydrogens is 372 g/mol. The number of nitrogens with zero attached hydrogens (tertiary/aromatic N) is 3. The summed E-state index contributed by atoms with van der Waals surface area (Å²) in [5.41, 5.74) is 1.80. The molecule has 0 bridgehead atoms. The van der Waals surface area contributed by atoms with E-state index < -0.39 is 0 Å². The molecule has 0 spiro atoms. The van der Waals surface area contributed by atoms with Gasteiger partial charge in [0.25, 0.3) is 5.91 Å². The van der Waals surface area contributed by atoms with Crippen LogP contribution in [0, 0.1) is 0 Å². The number of hydrogen-bond acceptors (Lipinski definition) is 7. The highest BCUT2D eigenvalue weighted by Gasteiger charge is 2.19. The molecule has 1 saturated heterocycles. The smallest absolute Gasteiger partial charge is 0.259 e. The van der Waals surface area contributed by atoms with E-state index in [-0.39, 0.29) is 25.0 Å². The minimum absolute atomic E-state index is 0.0757. The number of benzene rings is 1. The maximum Gasteiger partial charge on any atom is 0.259 e. The van der Waals surface area contributed by atoms with Crippen molar-refractivity contribution in [2.45, 2.75) is 0 Å². The van der Waals surface area contributed by atoms with E-state index in [4.69, 9.17) is 9.47 Å². The maximum atomic E-state index is 12.6. The number of aromatic nitrogens is 1. The number of pyridine rings is 1. The average molecular weight is 398 g/mol. The summed E-state index contributed by atoms with van der Waals surface area (Å²) in [4.78, 5) is 32.6. The van der Waals surface area contributed by atoms with Crippen LogP contribution < -0.4 is 15.0 Å². The summed E-state index contributed by atoms with van der Waals surface area (Å²) in [7, 11) is 1.50. The lowest BCUT2D eigenvalue weighted by atomic mass is 10.1. The minimum atomic E-state index is -0.266. The molecule has 8 nitrogen and oxygen atoms in total.